The van der Waals surface area contributed by atoms with Crippen molar-refractivity contribution in [2.45, 2.75) is 32.9 Å². The van der Waals surface area contributed by atoms with Gasteiger partial charge in [0.1, 0.15) is 0 Å². The molecule has 2 fully saturated rings. The summed E-state index contributed by atoms with van der Waals surface area (Å²) < 4.78 is 11.1. The van der Waals surface area contributed by atoms with E-state index in [0.717, 1.165) is 71.7 Å². The van der Waals surface area contributed by atoms with Gasteiger partial charge in [-0.2, -0.15) is 0 Å². The SMILES string of the molecule is CN=C(NCC(c1cccc(C)c1)N1CCOCC1)NCC(C(C)C)N1CCOCC1.I. The van der Waals surface area contributed by atoms with Gasteiger partial charge in [-0.05, 0) is 18.4 Å². The molecule has 0 aliphatic carbocycles. The largest absolute Gasteiger partial charge is 0.379 e. The van der Waals surface area contributed by atoms with Crippen LogP contribution < -0.4 is 10.6 Å². The lowest BCUT2D eigenvalue weighted by Crippen LogP contribution is -2.53. The number of nitrogens with one attached hydrogen (secondary N) is 2. The van der Waals surface area contributed by atoms with E-state index in [1.54, 1.807) is 0 Å². The normalized spacial score (nSPS) is 20.5. The number of ether oxygens (including phenoxy) is 2. The minimum Gasteiger partial charge on any atom is -0.379 e. The average Bonchev–Trinajstić information content (AvgIpc) is 2.79. The molecule has 7 nitrogen and oxygen atoms in total. The molecule has 8 heteroatoms. The van der Waals surface area contributed by atoms with Crippen LogP contribution in [0.2, 0.25) is 0 Å². The molecule has 0 radical (unpaired) electrons. The first-order chi connectivity index (χ1) is 15.1. The van der Waals surface area contributed by atoms with Gasteiger partial charge >= 0.3 is 0 Å². The van der Waals surface area contributed by atoms with Gasteiger partial charge in [0.2, 0.25) is 0 Å². The number of hydrogen-bond acceptors (Lipinski definition) is 5. The summed E-state index contributed by atoms with van der Waals surface area (Å²) in [5.74, 6) is 1.43. The summed E-state index contributed by atoms with van der Waals surface area (Å²) in [6.45, 7) is 15.6. The predicted octanol–water partition coefficient (Wildman–Crippen LogP) is 2.51. The highest BCUT2D eigenvalue weighted by Crippen LogP contribution is 2.22. The molecule has 0 bridgehead atoms. The maximum Gasteiger partial charge on any atom is 0.191 e. The fourth-order valence-electron chi connectivity index (χ4n) is 4.54. The summed E-state index contributed by atoms with van der Waals surface area (Å²) in [6, 6.07) is 9.60. The first-order valence-corrected chi connectivity index (χ1v) is 11.7. The fraction of sp³-hybridized carbons (Fsp3) is 0.708. The standard InChI is InChI=1S/C24H41N5O2.HI/c1-19(2)22(28-8-12-30-13-9-28)17-26-24(25-4)27-18-23(29-10-14-31-15-11-29)21-7-5-6-20(3)16-21;/h5-7,16,19,22-23H,8-15,17-18H2,1-4H3,(H2,25,26,27);1H. The van der Waals surface area contributed by atoms with E-state index < -0.39 is 0 Å². The van der Waals surface area contributed by atoms with Gasteiger partial charge in [0.05, 0.1) is 32.5 Å². The van der Waals surface area contributed by atoms with Crippen molar-refractivity contribution < 1.29 is 9.47 Å². The van der Waals surface area contributed by atoms with Crippen LogP contribution in [0.15, 0.2) is 29.3 Å². The lowest BCUT2D eigenvalue weighted by Gasteiger charge is -2.37. The highest BCUT2D eigenvalue weighted by Gasteiger charge is 2.25. The highest BCUT2D eigenvalue weighted by molar-refractivity contribution is 14.0. The first kappa shape index (κ1) is 27.3. The van der Waals surface area contributed by atoms with E-state index >= 15 is 0 Å². The Morgan fingerprint density at radius 1 is 0.969 bits per heavy atom. The van der Waals surface area contributed by atoms with Crippen molar-refractivity contribution in [3.05, 3.63) is 35.4 Å². The number of nitrogens with zero attached hydrogens (tertiary/aromatic N) is 3. The summed E-state index contributed by atoms with van der Waals surface area (Å²) in [5, 5.41) is 7.18. The summed E-state index contributed by atoms with van der Waals surface area (Å²) in [6.07, 6.45) is 0. The van der Waals surface area contributed by atoms with Gasteiger partial charge in [-0.3, -0.25) is 14.8 Å². The molecule has 2 unspecified atom stereocenters. The molecule has 0 amide bonds. The van der Waals surface area contributed by atoms with E-state index in [0.29, 0.717) is 18.0 Å². The van der Waals surface area contributed by atoms with Crippen molar-refractivity contribution in [2.24, 2.45) is 10.9 Å². The number of aliphatic imine (C=N–C) groups is 1. The molecule has 2 atom stereocenters. The number of benzene rings is 1. The Balaban J connectivity index is 0.00000363. The van der Waals surface area contributed by atoms with Crippen molar-refractivity contribution in [3.8, 4) is 0 Å². The van der Waals surface area contributed by atoms with Gasteiger partial charge < -0.3 is 20.1 Å². The Morgan fingerprint density at radius 2 is 1.56 bits per heavy atom. The second kappa shape index (κ2) is 14.3. The zero-order valence-electron chi connectivity index (χ0n) is 20.2. The Morgan fingerprint density at radius 3 is 2.12 bits per heavy atom. The number of halogens is 1. The zero-order chi connectivity index (χ0) is 22.1. The molecule has 1 aromatic rings. The van der Waals surface area contributed by atoms with Gasteiger partial charge in [-0.25, -0.2) is 0 Å². The van der Waals surface area contributed by atoms with Crippen LogP contribution >= 0.6 is 24.0 Å². The zero-order valence-corrected chi connectivity index (χ0v) is 22.5. The second-order valence-corrected chi connectivity index (χ2v) is 8.87. The molecule has 2 heterocycles. The smallest absolute Gasteiger partial charge is 0.191 e. The third-order valence-electron chi connectivity index (χ3n) is 6.36. The van der Waals surface area contributed by atoms with E-state index in [-0.39, 0.29) is 24.0 Å². The van der Waals surface area contributed by atoms with Crippen LogP contribution in [0.25, 0.3) is 0 Å². The summed E-state index contributed by atoms with van der Waals surface area (Å²) in [4.78, 5) is 9.56. The van der Waals surface area contributed by atoms with Gasteiger partial charge in [0.25, 0.3) is 0 Å². The Labute approximate surface area is 211 Å². The maximum absolute atomic E-state index is 5.59. The quantitative estimate of drug-likeness (QED) is 0.290. The lowest BCUT2D eigenvalue weighted by atomic mass is 10.0. The van der Waals surface area contributed by atoms with Crippen molar-refractivity contribution in [3.63, 3.8) is 0 Å². The van der Waals surface area contributed by atoms with Gasteiger partial charge in [-0.15, -0.1) is 24.0 Å². The Kier molecular flexibility index (Phi) is 12.2. The molecule has 2 saturated heterocycles. The topological polar surface area (TPSA) is 61.4 Å². The van der Waals surface area contributed by atoms with E-state index in [9.17, 15) is 0 Å². The van der Waals surface area contributed by atoms with Crippen LogP contribution in [0, 0.1) is 12.8 Å². The van der Waals surface area contributed by atoms with Crippen molar-refractivity contribution in [2.75, 3.05) is 72.7 Å². The monoisotopic (exact) mass is 559 g/mol. The van der Waals surface area contributed by atoms with Crippen LogP contribution in [-0.2, 0) is 9.47 Å². The third kappa shape index (κ3) is 8.13. The van der Waals surface area contributed by atoms with E-state index in [2.05, 4.69) is 70.5 Å². The molecular weight excluding hydrogens is 517 g/mol. The maximum atomic E-state index is 5.59. The summed E-state index contributed by atoms with van der Waals surface area (Å²) in [7, 11) is 1.85. The molecule has 0 aromatic heterocycles. The molecule has 0 spiro atoms. The third-order valence-corrected chi connectivity index (χ3v) is 6.36. The Hall–Kier alpha value is -0.940. The number of morpholine rings is 2. The number of aryl methyl sites for hydroxylation is 1. The van der Waals surface area contributed by atoms with Gasteiger partial charge in [-0.1, -0.05) is 43.7 Å². The minimum atomic E-state index is 0. The van der Waals surface area contributed by atoms with Gasteiger partial charge in [0, 0.05) is 52.4 Å². The molecule has 32 heavy (non-hydrogen) atoms. The molecular formula is C24H42IN5O2. The predicted molar refractivity (Wildman–Crippen MR) is 142 cm³/mol. The lowest BCUT2D eigenvalue weighted by molar-refractivity contribution is 0.00747. The second-order valence-electron chi connectivity index (χ2n) is 8.87. The van der Waals surface area contributed by atoms with Crippen LogP contribution in [0.3, 0.4) is 0 Å². The summed E-state index contributed by atoms with van der Waals surface area (Å²) in [5.41, 5.74) is 2.64. The van der Waals surface area contributed by atoms with E-state index in [1.165, 1.54) is 11.1 Å². The number of hydrogen-bond donors (Lipinski definition) is 2. The van der Waals surface area contributed by atoms with Crippen LogP contribution in [0.4, 0.5) is 0 Å². The minimum absolute atomic E-state index is 0. The van der Waals surface area contributed by atoms with Crippen LogP contribution in [0.1, 0.15) is 31.0 Å². The molecule has 2 aliphatic rings. The molecule has 1 aromatic carbocycles. The molecule has 182 valence electrons. The van der Waals surface area contributed by atoms with Gasteiger partial charge in [0.15, 0.2) is 5.96 Å². The van der Waals surface area contributed by atoms with Crippen molar-refractivity contribution in [1.29, 1.82) is 0 Å². The number of rotatable bonds is 8. The molecule has 0 saturated carbocycles. The summed E-state index contributed by atoms with van der Waals surface area (Å²) >= 11 is 0. The molecule has 2 N–H and O–H groups in total. The molecule has 2 aliphatic heterocycles. The fourth-order valence-corrected chi connectivity index (χ4v) is 4.54. The van der Waals surface area contributed by atoms with E-state index in [1.807, 2.05) is 7.05 Å². The number of guanidine groups is 1. The highest BCUT2D eigenvalue weighted by atomic mass is 127. The average molecular weight is 560 g/mol. The van der Waals surface area contributed by atoms with Crippen molar-refractivity contribution >= 4 is 29.9 Å². The molecule has 3 rings (SSSR count). The Bertz CT molecular complexity index is 691. The first-order valence-electron chi connectivity index (χ1n) is 11.7. The van der Waals surface area contributed by atoms with Crippen LogP contribution in [-0.4, -0.2) is 94.5 Å². The van der Waals surface area contributed by atoms with E-state index in [4.69, 9.17) is 9.47 Å². The van der Waals surface area contributed by atoms with Crippen molar-refractivity contribution in [1.82, 2.24) is 20.4 Å². The van der Waals surface area contributed by atoms with Crippen LogP contribution in [0.5, 0.6) is 0 Å².